The van der Waals surface area contributed by atoms with E-state index in [0.717, 1.165) is 0 Å². The lowest BCUT2D eigenvalue weighted by atomic mass is 10.5. The molecule has 0 aliphatic carbocycles. The van der Waals surface area contributed by atoms with Crippen molar-refractivity contribution in [2.24, 2.45) is 0 Å². The fourth-order valence-corrected chi connectivity index (χ4v) is 0.861. The van der Waals surface area contributed by atoms with Gasteiger partial charge in [-0.1, -0.05) is 0 Å². The number of aliphatic hydroxyl groups is 1. The number of likely N-dealkylation sites (N-methyl/N-ethyl adjacent to an activating group) is 1. The van der Waals surface area contributed by atoms with Gasteiger partial charge < -0.3 is 19.5 Å². The Hall–Kier alpha value is -0.650. The largest absolute Gasteiger partial charge is 0.464 e. The summed E-state index contributed by atoms with van der Waals surface area (Å²) in [4.78, 5) is 12.7. The Morgan fingerprint density at radius 3 is 2.71 bits per heavy atom. The average molecular weight is 205 g/mol. The van der Waals surface area contributed by atoms with Gasteiger partial charge in [-0.3, -0.25) is 0 Å². The number of hydrogen-bond donors (Lipinski definition) is 1. The number of nitrogens with zero attached hydrogens (tertiary/aromatic N) is 1. The highest BCUT2D eigenvalue weighted by atomic mass is 16.6. The van der Waals surface area contributed by atoms with E-state index in [1.807, 2.05) is 11.9 Å². The third-order valence-electron chi connectivity index (χ3n) is 1.62. The Labute approximate surface area is 84.6 Å². The Morgan fingerprint density at radius 2 is 2.14 bits per heavy atom. The van der Waals surface area contributed by atoms with Crippen LogP contribution in [0.15, 0.2) is 0 Å². The second-order valence-corrected chi connectivity index (χ2v) is 2.88. The molecule has 5 nitrogen and oxygen atoms in total. The van der Waals surface area contributed by atoms with Gasteiger partial charge in [-0.15, -0.1) is 0 Å². The van der Waals surface area contributed by atoms with E-state index in [1.54, 1.807) is 6.92 Å². The molecule has 0 fully saturated rings. The summed E-state index contributed by atoms with van der Waals surface area (Å²) >= 11 is 0. The van der Waals surface area contributed by atoms with Crippen LogP contribution in [0.1, 0.15) is 6.92 Å². The summed E-state index contributed by atoms with van der Waals surface area (Å²) < 4.78 is 9.75. The molecule has 84 valence electrons. The van der Waals surface area contributed by atoms with Gasteiger partial charge in [0, 0.05) is 13.1 Å². The second-order valence-electron chi connectivity index (χ2n) is 2.88. The van der Waals surface area contributed by atoms with Crippen LogP contribution in [0.25, 0.3) is 0 Å². The Bertz CT molecular complexity index is 152. The number of esters is 1. The van der Waals surface area contributed by atoms with Crippen LogP contribution in [0.3, 0.4) is 0 Å². The third-order valence-corrected chi connectivity index (χ3v) is 1.62. The van der Waals surface area contributed by atoms with Crippen molar-refractivity contribution in [1.82, 2.24) is 4.90 Å². The van der Waals surface area contributed by atoms with Crippen LogP contribution in [0.5, 0.6) is 0 Å². The van der Waals surface area contributed by atoms with E-state index < -0.39 is 0 Å². The zero-order valence-corrected chi connectivity index (χ0v) is 8.86. The van der Waals surface area contributed by atoms with E-state index in [0.29, 0.717) is 26.3 Å². The Balaban J connectivity index is 3.24. The molecule has 1 N–H and O–H groups in total. The number of rotatable bonds is 8. The van der Waals surface area contributed by atoms with Crippen molar-refractivity contribution in [1.29, 1.82) is 0 Å². The molecule has 0 spiro atoms. The molecule has 0 unspecified atom stereocenters. The molecular weight excluding hydrogens is 186 g/mol. The predicted molar refractivity (Wildman–Crippen MR) is 52.0 cm³/mol. The van der Waals surface area contributed by atoms with Gasteiger partial charge in [0.2, 0.25) is 0 Å². The van der Waals surface area contributed by atoms with E-state index in [9.17, 15) is 4.79 Å². The highest BCUT2D eigenvalue weighted by Gasteiger charge is 2.01. The Morgan fingerprint density at radius 1 is 1.43 bits per heavy atom. The quantitative estimate of drug-likeness (QED) is 0.427. The smallest absolute Gasteiger partial charge is 0.332 e. The van der Waals surface area contributed by atoms with Gasteiger partial charge in [0.15, 0.2) is 0 Å². The molecule has 0 radical (unpaired) electrons. The van der Waals surface area contributed by atoms with Gasteiger partial charge >= 0.3 is 5.97 Å². The molecule has 0 saturated carbocycles. The lowest BCUT2D eigenvalue weighted by molar-refractivity contribution is -0.148. The minimum absolute atomic E-state index is 0.000799. The maximum atomic E-state index is 10.8. The van der Waals surface area contributed by atoms with E-state index in [4.69, 9.17) is 9.84 Å². The highest BCUT2D eigenvalue weighted by Crippen LogP contribution is 1.84. The Kier molecular flexibility index (Phi) is 8.51. The van der Waals surface area contributed by atoms with Gasteiger partial charge in [-0.25, -0.2) is 4.79 Å². The standard InChI is InChI=1S/C9H19NO4/c1-3-14-9(12)8-13-7-5-10(2)4-6-11/h11H,3-8H2,1-2H3. The number of carbonyl (C=O) groups excluding carboxylic acids is 1. The number of hydrogen-bond acceptors (Lipinski definition) is 5. The molecule has 0 heterocycles. The minimum Gasteiger partial charge on any atom is -0.464 e. The molecule has 0 bridgehead atoms. The van der Waals surface area contributed by atoms with Crippen molar-refractivity contribution in [3.8, 4) is 0 Å². The van der Waals surface area contributed by atoms with E-state index >= 15 is 0 Å². The van der Waals surface area contributed by atoms with Crippen LogP contribution in [-0.2, 0) is 14.3 Å². The summed E-state index contributed by atoms with van der Waals surface area (Å²) in [6, 6.07) is 0. The number of carbonyl (C=O) groups is 1. The lowest BCUT2D eigenvalue weighted by Crippen LogP contribution is -2.27. The van der Waals surface area contributed by atoms with E-state index in [-0.39, 0.29) is 19.2 Å². The van der Waals surface area contributed by atoms with Crippen LogP contribution in [0, 0.1) is 0 Å². The zero-order chi connectivity index (χ0) is 10.8. The monoisotopic (exact) mass is 205 g/mol. The minimum atomic E-state index is -0.336. The summed E-state index contributed by atoms with van der Waals surface area (Å²) in [5.74, 6) is -0.336. The molecule has 0 aliphatic rings. The van der Waals surface area contributed by atoms with Crippen molar-refractivity contribution in [3.05, 3.63) is 0 Å². The normalized spacial score (nSPS) is 10.6. The van der Waals surface area contributed by atoms with Crippen LogP contribution in [0.2, 0.25) is 0 Å². The van der Waals surface area contributed by atoms with Crippen LogP contribution in [0.4, 0.5) is 0 Å². The van der Waals surface area contributed by atoms with Crippen LogP contribution in [-0.4, -0.2) is 62.5 Å². The molecule has 0 rings (SSSR count). The molecule has 0 atom stereocenters. The maximum Gasteiger partial charge on any atom is 0.332 e. The lowest BCUT2D eigenvalue weighted by Gasteiger charge is -2.14. The van der Waals surface area contributed by atoms with Crippen LogP contribution >= 0.6 is 0 Å². The first-order chi connectivity index (χ1) is 6.70. The number of ether oxygens (including phenoxy) is 2. The molecule has 14 heavy (non-hydrogen) atoms. The zero-order valence-electron chi connectivity index (χ0n) is 8.86. The number of aliphatic hydroxyl groups excluding tert-OH is 1. The summed E-state index contributed by atoms with van der Waals surface area (Å²) in [6.07, 6.45) is 0. The predicted octanol–water partition coefficient (Wildman–Crippen LogP) is -0.510. The van der Waals surface area contributed by atoms with Gasteiger partial charge in [0.1, 0.15) is 6.61 Å². The van der Waals surface area contributed by atoms with Gasteiger partial charge in [-0.2, -0.15) is 0 Å². The molecule has 0 aromatic heterocycles. The molecular formula is C9H19NO4. The van der Waals surface area contributed by atoms with Crippen molar-refractivity contribution < 1.29 is 19.4 Å². The first kappa shape index (κ1) is 13.4. The average Bonchev–Trinajstić information content (AvgIpc) is 2.13. The summed E-state index contributed by atoms with van der Waals surface area (Å²) in [6.45, 7) is 4.05. The third kappa shape index (κ3) is 7.97. The molecule has 0 aromatic rings. The fraction of sp³-hybridized carbons (Fsp3) is 0.889. The first-order valence-electron chi connectivity index (χ1n) is 4.73. The fourth-order valence-electron chi connectivity index (χ4n) is 0.861. The molecule has 5 heteroatoms. The first-order valence-corrected chi connectivity index (χ1v) is 4.73. The molecule has 0 amide bonds. The molecule has 0 aromatic carbocycles. The highest BCUT2D eigenvalue weighted by molar-refractivity contribution is 5.70. The van der Waals surface area contributed by atoms with Crippen molar-refractivity contribution in [2.75, 3.05) is 46.6 Å². The van der Waals surface area contributed by atoms with Gasteiger partial charge in [0.25, 0.3) is 0 Å². The molecule has 0 saturated heterocycles. The van der Waals surface area contributed by atoms with E-state index in [2.05, 4.69) is 4.74 Å². The van der Waals surface area contributed by atoms with Crippen molar-refractivity contribution in [2.45, 2.75) is 6.92 Å². The topological polar surface area (TPSA) is 59.0 Å². The molecule has 0 aliphatic heterocycles. The second kappa shape index (κ2) is 8.93. The van der Waals surface area contributed by atoms with Gasteiger partial charge in [-0.05, 0) is 14.0 Å². The summed E-state index contributed by atoms with van der Waals surface area (Å²) in [5.41, 5.74) is 0. The van der Waals surface area contributed by atoms with Crippen molar-refractivity contribution >= 4 is 5.97 Å². The van der Waals surface area contributed by atoms with Crippen molar-refractivity contribution in [3.63, 3.8) is 0 Å². The maximum absolute atomic E-state index is 10.8. The van der Waals surface area contributed by atoms with E-state index in [1.165, 1.54) is 0 Å². The van der Waals surface area contributed by atoms with Crippen LogP contribution < -0.4 is 0 Å². The van der Waals surface area contributed by atoms with Gasteiger partial charge in [0.05, 0.1) is 19.8 Å². The summed E-state index contributed by atoms with van der Waals surface area (Å²) in [5, 5.41) is 8.59. The summed E-state index contributed by atoms with van der Waals surface area (Å²) in [7, 11) is 1.88. The SMILES string of the molecule is CCOC(=O)COCCN(C)CCO.